The normalized spacial score (nSPS) is 16.8. The highest BCUT2D eigenvalue weighted by molar-refractivity contribution is 7.92. The third kappa shape index (κ3) is 3.06. The second-order valence-electron chi connectivity index (χ2n) is 5.82. The van der Waals surface area contributed by atoms with E-state index in [1.807, 2.05) is 0 Å². The van der Waals surface area contributed by atoms with Crippen molar-refractivity contribution in [2.75, 3.05) is 32.2 Å². The molecule has 0 saturated carbocycles. The zero-order valence-electron chi connectivity index (χ0n) is 14.8. The minimum absolute atomic E-state index is 0.0836. The molecule has 0 bridgehead atoms. The van der Waals surface area contributed by atoms with Gasteiger partial charge in [-0.1, -0.05) is 6.07 Å². The molecule has 0 saturated heterocycles. The Balaban J connectivity index is 2.10. The Kier molecular flexibility index (Phi) is 4.97. The SMILES string of the molecule is COc1ccc2c(c1)N(S(=O)(=O)c1ccc(OC)c(OC)c1)CCC2O. The molecule has 0 aromatic heterocycles. The summed E-state index contributed by atoms with van der Waals surface area (Å²) in [7, 11) is 0.595. The molecule has 26 heavy (non-hydrogen) atoms. The quantitative estimate of drug-likeness (QED) is 0.858. The highest BCUT2D eigenvalue weighted by Crippen LogP contribution is 2.40. The number of rotatable bonds is 5. The topological polar surface area (TPSA) is 85.3 Å². The fourth-order valence-electron chi connectivity index (χ4n) is 3.02. The van der Waals surface area contributed by atoms with Crippen molar-refractivity contribution >= 4 is 15.7 Å². The van der Waals surface area contributed by atoms with Crippen molar-refractivity contribution in [3.05, 3.63) is 42.0 Å². The van der Waals surface area contributed by atoms with Gasteiger partial charge in [0.1, 0.15) is 5.75 Å². The van der Waals surface area contributed by atoms with Crippen molar-refractivity contribution in [2.24, 2.45) is 0 Å². The van der Waals surface area contributed by atoms with Crippen LogP contribution in [-0.4, -0.2) is 41.4 Å². The summed E-state index contributed by atoms with van der Waals surface area (Å²) in [5.41, 5.74) is 0.971. The van der Waals surface area contributed by atoms with E-state index < -0.39 is 16.1 Å². The van der Waals surface area contributed by atoms with Crippen LogP contribution in [0.25, 0.3) is 0 Å². The van der Waals surface area contributed by atoms with E-state index in [-0.39, 0.29) is 11.4 Å². The average Bonchev–Trinajstić information content (AvgIpc) is 2.67. The lowest BCUT2D eigenvalue weighted by molar-refractivity contribution is 0.166. The minimum Gasteiger partial charge on any atom is -0.497 e. The number of benzene rings is 2. The van der Waals surface area contributed by atoms with E-state index in [9.17, 15) is 13.5 Å². The molecule has 0 aliphatic carbocycles. The van der Waals surface area contributed by atoms with Crippen molar-refractivity contribution in [1.29, 1.82) is 0 Å². The molecule has 2 aromatic rings. The molecule has 3 rings (SSSR count). The molecular formula is C18H21NO6S. The first-order chi connectivity index (χ1) is 12.4. The second kappa shape index (κ2) is 7.05. The largest absolute Gasteiger partial charge is 0.497 e. The minimum atomic E-state index is -3.85. The van der Waals surface area contributed by atoms with Gasteiger partial charge < -0.3 is 19.3 Å². The Morgan fingerprint density at radius 3 is 2.38 bits per heavy atom. The fourth-order valence-corrected chi connectivity index (χ4v) is 4.53. The molecule has 1 N–H and O–H groups in total. The molecule has 1 unspecified atom stereocenters. The van der Waals surface area contributed by atoms with E-state index in [2.05, 4.69) is 0 Å². The Labute approximate surface area is 152 Å². The van der Waals surface area contributed by atoms with Gasteiger partial charge in [-0.2, -0.15) is 0 Å². The lowest BCUT2D eigenvalue weighted by Crippen LogP contribution is -2.36. The molecule has 1 aliphatic heterocycles. The molecule has 0 amide bonds. The molecule has 1 heterocycles. The molecule has 0 fully saturated rings. The molecule has 7 nitrogen and oxygen atoms in total. The van der Waals surface area contributed by atoms with Gasteiger partial charge in [0, 0.05) is 24.2 Å². The molecule has 1 aliphatic rings. The summed E-state index contributed by atoms with van der Waals surface area (Å²) in [5.74, 6) is 1.30. The maximum Gasteiger partial charge on any atom is 0.264 e. The fraction of sp³-hybridized carbons (Fsp3) is 0.333. The van der Waals surface area contributed by atoms with Crippen molar-refractivity contribution in [3.8, 4) is 17.2 Å². The van der Waals surface area contributed by atoms with E-state index in [1.54, 1.807) is 24.3 Å². The Morgan fingerprint density at radius 1 is 1.00 bits per heavy atom. The first-order valence-electron chi connectivity index (χ1n) is 8.03. The second-order valence-corrected chi connectivity index (χ2v) is 7.69. The number of hydrogen-bond donors (Lipinski definition) is 1. The highest BCUT2D eigenvalue weighted by atomic mass is 32.2. The van der Waals surface area contributed by atoms with Gasteiger partial charge in [-0.3, -0.25) is 4.31 Å². The number of methoxy groups -OCH3 is 3. The van der Waals surface area contributed by atoms with Crippen LogP contribution in [-0.2, 0) is 10.0 Å². The number of sulfonamides is 1. The van der Waals surface area contributed by atoms with E-state index in [4.69, 9.17) is 14.2 Å². The Bertz CT molecular complexity index is 912. The van der Waals surface area contributed by atoms with Crippen molar-refractivity contribution in [3.63, 3.8) is 0 Å². The maximum atomic E-state index is 13.2. The highest BCUT2D eigenvalue weighted by Gasteiger charge is 2.33. The van der Waals surface area contributed by atoms with Crippen LogP contribution in [0.15, 0.2) is 41.3 Å². The van der Waals surface area contributed by atoms with Crippen molar-refractivity contribution in [1.82, 2.24) is 0 Å². The van der Waals surface area contributed by atoms with E-state index in [0.717, 1.165) is 0 Å². The third-order valence-corrected chi connectivity index (χ3v) is 6.22. The lowest BCUT2D eigenvalue weighted by Gasteiger charge is -2.33. The predicted octanol–water partition coefficient (Wildman–Crippen LogP) is 2.34. The van der Waals surface area contributed by atoms with Crippen LogP contribution >= 0.6 is 0 Å². The van der Waals surface area contributed by atoms with Crippen molar-refractivity contribution in [2.45, 2.75) is 17.4 Å². The van der Waals surface area contributed by atoms with Gasteiger partial charge in [0.2, 0.25) is 0 Å². The summed E-state index contributed by atoms with van der Waals surface area (Å²) < 4.78 is 43.3. The molecule has 1 atom stereocenters. The van der Waals surface area contributed by atoms with Gasteiger partial charge in [-0.05, 0) is 24.6 Å². The zero-order chi connectivity index (χ0) is 18.9. The predicted molar refractivity (Wildman–Crippen MR) is 96.6 cm³/mol. The number of anilines is 1. The average molecular weight is 379 g/mol. The van der Waals surface area contributed by atoms with E-state index in [0.29, 0.717) is 34.9 Å². The molecule has 140 valence electrons. The van der Waals surface area contributed by atoms with Crippen LogP contribution in [0.4, 0.5) is 5.69 Å². The van der Waals surface area contributed by atoms with E-state index in [1.165, 1.54) is 37.8 Å². The van der Waals surface area contributed by atoms with Crippen molar-refractivity contribution < 1.29 is 27.7 Å². The summed E-state index contributed by atoms with van der Waals surface area (Å²) in [4.78, 5) is 0.0836. The number of ether oxygens (including phenoxy) is 3. The maximum absolute atomic E-state index is 13.2. The monoisotopic (exact) mass is 379 g/mol. The van der Waals surface area contributed by atoms with Crippen LogP contribution in [0, 0.1) is 0 Å². The van der Waals surface area contributed by atoms with Crippen LogP contribution in [0.2, 0.25) is 0 Å². The summed E-state index contributed by atoms with van der Waals surface area (Å²) in [5, 5.41) is 10.2. The van der Waals surface area contributed by atoms with Gasteiger partial charge in [0.05, 0.1) is 38.0 Å². The Morgan fingerprint density at radius 2 is 1.73 bits per heavy atom. The zero-order valence-corrected chi connectivity index (χ0v) is 15.6. The number of nitrogens with zero attached hydrogens (tertiary/aromatic N) is 1. The molecule has 0 spiro atoms. The first-order valence-corrected chi connectivity index (χ1v) is 9.47. The summed E-state index contributed by atoms with van der Waals surface area (Å²) in [6.07, 6.45) is -0.404. The Hall–Kier alpha value is -2.45. The molecule has 2 aromatic carbocycles. The third-order valence-electron chi connectivity index (χ3n) is 4.41. The number of fused-ring (bicyclic) bond motifs is 1. The van der Waals surface area contributed by atoms with E-state index >= 15 is 0 Å². The van der Waals surface area contributed by atoms with Crippen LogP contribution < -0.4 is 18.5 Å². The smallest absolute Gasteiger partial charge is 0.264 e. The van der Waals surface area contributed by atoms with Gasteiger partial charge in [0.25, 0.3) is 10.0 Å². The van der Waals surface area contributed by atoms with Gasteiger partial charge in [-0.15, -0.1) is 0 Å². The first kappa shape index (κ1) is 18.3. The van der Waals surface area contributed by atoms with Gasteiger partial charge in [-0.25, -0.2) is 8.42 Å². The summed E-state index contributed by atoms with van der Waals surface area (Å²) in [6, 6.07) is 9.47. The summed E-state index contributed by atoms with van der Waals surface area (Å²) >= 11 is 0. The summed E-state index contributed by atoms with van der Waals surface area (Å²) in [6.45, 7) is 0.165. The lowest BCUT2D eigenvalue weighted by atomic mass is 10.0. The number of aliphatic hydroxyl groups is 1. The van der Waals surface area contributed by atoms with Crippen LogP contribution in [0.3, 0.4) is 0 Å². The van der Waals surface area contributed by atoms with Gasteiger partial charge >= 0.3 is 0 Å². The van der Waals surface area contributed by atoms with Gasteiger partial charge in [0.15, 0.2) is 11.5 Å². The molecule has 0 radical (unpaired) electrons. The molecular weight excluding hydrogens is 358 g/mol. The van der Waals surface area contributed by atoms with Crippen LogP contribution in [0.5, 0.6) is 17.2 Å². The molecule has 8 heteroatoms. The number of aliphatic hydroxyl groups excluding tert-OH is 1. The van der Waals surface area contributed by atoms with Crippen LogP contribution in [0.1, 0.15) is 18.1 Å². The number of hydrogen-bond acceptors (Lipinski definition) is 6. The standard InChI is InChI=1S/C18H21NO6S/c1-23-12-4-6-14-15(10-12)19(9-8-16(14)20)26(21,22)13-5-7-17(24-2)18(11-13)25-3/h4-7,10-11,16,20H,8-9H2,1-3H3.